The first kappa shape index (κ1) is 8.17. The molecule has 0 unspecified atom stereocenters. The van der Waals surface area contributed by atoms with Gasteiger partial charge in [0.2, 0.25) is 0 Å². The van der Waals surface area contributed by atoms with E-state index in [1.807, 2.05) is 19.1 Å². The summed E-state index contributed by atoms with van der Waals surface area (Å²) in [6.07, 6.45) is 1.07. The van der Waals surface area contributed by atoms with Gasteiger partial charge < -0.3 is 10.8 Å². The SMILES string of the molecule is Cc1ccc([C@H](O)CN)cn1. The molecule has 3 heteroatoms. The number of hydrogen-bond acceptors (Lipinski definition) is 3. The Bertz CT molecular complexity index is 220. The van der Waals surface area contributed by atoms with Crippen LogP contribution in [0.4, 0.5) is 0 Å². The minimum atomic E-state index is -0.580. The minimum Gasteiger partial charge on any atom is -0.387 e. The molecule has 11 heavy (non-hydrogen) atoms. The molecule has 0 saturated carbocycles. The highest BCUT2D eigenvalue weighted by molar-refractivity contribution is 5.15. The van der Waals surface area contributed by atoms with Crippen LogP contribution in [-0.2, 0) is 0 Å². The van der Waals surface area contributed by atoms with Gasteiger partial charge in [-0.25, -0.2) is 0 Å². The molecule has 1 aromatic heterocycles. The minimum absolute atomic E-state index is 0.241. The van der Waals surface area contributed by atoms with Crippen LogP contribution in [0.25, 0.3) is 0 Å². The number of pyridine rings is 1. The zero-order valence-corrected chi connectivity index (χ0v) is 6.49. The third-order valence-electron chi connectivity index (χ3n) is 1.54. The second kappa shape index (κ2) is 3.46. The van der Waals surface area contributed by atoms with E-state index in [9.17, 15) is 5.11 Å². The third kappa shape index (κ3) is 2.00. The van der Waals surface area contributed by atoms with E-state index in [0.29, 0.717) is 0 Å². The first-order chi connectivity index (χ1) is 5.24. The quantitative estimate of drug-likeness (QED) is 0.644. The van der Waals surface area contributed by atoms with E-state index in [0.717, 1.165) is 11.3 Å². The van der Waals surface area contributed by atoms with Crippen molar-refractivity contribution in [1.29, 1.82) is 0 Å². The van der Waals surface area contributed by atoms with Crippen LogP contribution in [0.5, 0.6) is 0 Å². The lowest BCUT2D eigenvalue weighted by Gasteiger charge is -2.06. The molecule has 0 saturated heterocycles. The largest absolute Gasteiger partial charge is 0.387 e. The van der Waals surface area contributed by atoms with Crippen LogP contribution < -0.4 is 5.73 Å². The number of aliphatic hydroxyl groups is 1. The Balaban J connectivity index is 2.81. The summed E-state index contributed by atoms with van der Waals surface area (Å²) < 4.78 is 0. The van der Waals surface area contributed by atoms with Crippen molar-refractivity contribution in [2.45, 2.75) is 13.0 Å². The molecule has 1 rings (SSSR count). The standard InChI is InChI=1S/C8H12N2O/c1-6-2-3-7(5-10-6)8(11)4-9/h2-3,5,8,11H,4,9H2,1H3/t8-/m1/s1. The molecule has 0 aliphatic rings. The fourth-order valence-electron chi connectivity index (χ4n) is 0.812. The molecule has 1 heterocycles. The van der Waals surface area contributed by atoms with E-state index in [1.165, 1.54) is 0 Å². The number of aromatic nitrogens is 1. The smallest absolute Gasteiger partial charge is 0.0927 e. The predicted octanol–water partition coefficient (Wildman–Crippen LogP) is 0.382. The van der Waals surface area contributed by atoms with Gasteiger partial charge in [0.05, 0.1) is 6.10 Å². The van der Waals surface area contributed by atoms with Crippen molar-refractivity contribution in [1.82, 2.24) is 4.98 Å². The molecule has 0 aliphatic heterocycles. The molecule has 3 N–H and O–H groups in total. The molecule has 0 aromatic carbocycles. The summed E-state index contributed by atoms with van der Waals surface area (Å²) >= 11 is 0. The van der Waals surface area contributed by atoms with Crippen molar-refractivity contribution in [3.8, 4) is 0 Å². The monoisotopic (exact) mass is 152 g/mol. The van der Waals surface area contributed by atoms with E-state index in [-0.39, 0.29) is 6.54 Å². The maximum atomic E-state index is 9.26. The Morgan fingerprint density at radius 2 is 2.36 bits per heavy atom. The number of nitrogens with zero attached hydrogens (tertiary/aromatic N) is 1. The van der Waals surface area contributed by atoms with Crippen LogP contribution in [0.2, 0.25) is 0 Å². The van der Waals surface area contributed by atoms with Crippen molar-refractivity contribution < 1.29 is 5.11 Å². The van der Waals surface area contributed by atoms with Gasteiger partial charge in [-0.15, -0.1) is 0 Å². The fraction of sp³-hybridized carbons (Fsp3) is 0.375. The summed E-state index contributed by atoms with van der Waals surface area (Å²) in [5.41, 5.74) is 6.98. The summed E-state index contributed by atoms with van der Waals surface area (Å²) in [5.74, 6) is 0. The molecule has 60 valence electrons. The maximum Gasteiger partial charge on any atom is 0.0927 e. The Morgan fingerprint density at radius 3 is 2.82 bits per heavy atom. The molecular formula is C8H12N2O. The fourth-order valence-corrected chi connectivity index (χ4v) is 0.812. The van der Waals surface area contributed by atoms with Crippen LogP contribution in [0.1, 0.15) is 17.4 Å². The Kier molecular flexibility index (Phi) is 2.57. The van der Waals surface area contributed by atoms with Gasteiger partial charge in [-0.05, 0) is 13.0 Å². The van der Waals surface area contributed by atoms with Gasteiger partial charge in [-0.3, -0.25) is 4.98 Å². The second-order valence-corrected chi connectivity index (χ2v) is 2.48. The summed E-state index contributed by atoms with van der Waals surface area (Å²) in [5, 5.41) is 9.26. The zero-order valence-electron chi connectivity index (χ0n) is 6.49. The second-order valence-electron chi connectivity index (χ2n) is 2.48. The average Bonchev–Trinajstić information content (AvgIpc) is 2.05. The Hall–Kier alpha value is -0.930. The van der Waals surface area contributed by atoms with Crippen LogP contribution in [0.15, 0.2) is 18.3 Å². The molecule has 0 fully saturated rings. The molecule has 0 aliphatic carbocycles. The van der Waals surface area contributed by atoms with E-state index < -0.39 is 6.10 Å². The van der Waals surface area contributed by atoms with Crippen LogP contribution in [0.3, 0.4) is 0 Å². The van der Waals surface area contributed by atoms with E-state index in [1.54, 1.807) is 6.20 Å². The highest BCUT2D eigenvalue weighted by Gasteiger charge is 2.03. The molecule has 0 bridgehead atoms. The number of aliphatic hydroxyl groups excluding tert-OH is 1. The highest BCUT2D eigenvalue weighted by atomic mass is 16.3. The van der Waals surface area contributed by atoms with Gasteiger partial charge in [0.25, 0.3) is 0 Å². The molecule has 0 radical (unpaired) electrons. The molecular weight excluding hydrogens is 140 g/mol. The van der Waals surface area contributed by atoms with Crippen molar-refractivity contribution in [3.63, 3.8) is 0 Å². The van der Waals surface area contributed by atoms with Gasteiger partial charge in [-0.1, -0.05) is 6.07 Å². The first-order valence-corrected chi connectivity index (χ1v) is 3.54. The van der Waals surface area contributed by atoms with Gasteiger partial charge in [0.15, 0.2) is 0 Å². The van der Waals surface area contributed by atoms with Gasteiger partial charge in [-0.2, -0.15) is 0 Å². The lowest BCUT2D eigenvalue weighted by Crippen LogP contribution is -2.11. The van der Waals surface area contributed by atoms with Crippen LogP contribution in [-0.4, -0.2) is 16.6 Å². The summed E-state index contributed by atoms with van der Waals surface area (Å²) in [6, 6.07) is 3.69. The topological polar surface area (TPSA) is 59.1 Å². The van der Waals surface area contributed by atoms with E-state index >= 15 is 0 Å². The molecule has 0 spiro atoms. The summed E-state index contributed by atoms with van der Waals surface area (Å²) in [6.45, 7) is 2.14. The average molecular weight is 152 g/mol. The molecule has 1 aromatic rings. The van der Waals surface area contributed by atoms with Crippen molar-refractivity contribution in [3.05, 3.63) is 29.6 Å². The van der Waals surface area contributed by atoms with Gasteiger partial charge in [0, 0.05) is 24.0 Å². The number of rotatable bonds is 2. The maximum absolute atomic E-state index is 9.26. The van der Waals surface area contributed by atoms with E-state index in [4.69, 9.17) is 5.73 Å². The van der Waals surface area contributed by atoms with Gasteiger partial charge in [0.1, 0.15) is 0 Å². The van der Waals surface area contributed by atoms with Crippen LogP contribution >= 0.6 is 0 Å². The Labute approximate surface area is 65.9 Å². The Morgan fingerprint density at radius 1 is 1.64 bits per heavy atom. The summed E-state index contributed by atoms with van der Waals surface area (Å²) in [7, 11) is 0. The van der Waals surface area contributed by atoms with Gasteiger partial charge >= 0.3 is 0 Å². The number of nitrogens with two attached hydrogens (primary N) is 1. The van der Waals surface area contributed by atoms with Crippen molar-refractivity contribution >= 4 is 0 Å². The molecule has 3 nitrogen and oxygen atoms in total. The highest BCUT2D eigenvalue weighted by Crippen LogP contribution is 2.09. The number of aryl methyl sites for hydroxylation is 1. The zero-order chi connectivity index (χ0) is 8.27. The van der Waals surface area contributed by atoms with Crippen molar-refractivity contribution in [2.75, 3.05) is 6.54 Å². The molecule has 1 atom stereocenters. The molecule has 0 amide bonds. The van der Waals surface area contributed by atoms with Crippen LogP contribution in [0, 0.1) is 6.92 Å². The predicted molar refractivity (Wildman–Crippen MR) is 43.0 cm³/mol. The number of hydrogen-bond donors (Lipinski definition) is 2. The first-order valence-electron chi connectivity index (χ1n) is 3.54. The third-order valence-corrected chi connectivity index (χ3v) is 1.54. The normalized spacial score (nSPS) is 13.0. The lowest BCUT2D eigenvalue weighted by atomic mass is 10.1. The lowest BCUT2D eigenvalue weighted by molar-refractivity contribution is 0.186. The van der Waals surface area contributed by atoms with Crippen molar-refractivity contribution in [2.24, 2.45) is 5.73 Å². The summed E-state index contributed by atoms with van der Waals surface area (Å²) in [4.78, 5) is 4.03. The van der Waals surface area contributed by atoms with E-state index in [2.05, 4.69) is 4.98 Å².